The van der Waals surface area contributed by atoms with Crippen LogP contribution in [0.3, 0.4) is 0 Å². The number of rotatable bonds is 4. The van der Waals surface area contributed by atoms with E-state index in [4.69, 9.17) is 10.6 Å². The molecule has 0 radical (unpaired) electrons. The van der Waals surface area contributed by atoms with Crippen molar-refractivity contribution in [1.82, 2.24) is 20.4 Å². The van der Waals surface area contributed by atoms with E-state index >= 15 is 0 Å². The molecule has 1 aliphatic rings. The number of aromatic nitrogens is 3. The fourth-order valence-corrected chi connectivity index (χ4v) is 3.12. The summed E-state index contributed by atoms with van der Waals surface area (Å²) in [6.45, 7) is 2.93. The molecule has 2 rings (SSSR count). The average Bonchev–Trinajstić information content (AvgIpc) is 2.91. The zero-order valence-electron chi connectivity index (χ0n) is 10.1. The highest BCUT2D eigenvalue weighted by molar-refractivity contribution is 9.10. The van der Waals surface area contributed by atoms with Gasteiger partial charge in [-0.1, -0.05) is 12.1 Å². The molecule has 1 saturated heterocycles. The molecule has 3 unspecified atom stereocenters. The highest BCUT2D eigenvalue weighted by atomic mass is 79.9. The van der Waals surface area contributed by atoms with Crippen LogP contribution in [0.2, 0.25) is 0 Å². The van der Waals surface area contributed by atoms with Crippen molar-refractivity contribution >= 4 is 15.9 Å². The fraction of sp³-hybridized carbons (Fsp3) is 0.800. The molecule has 7 heteroatoms. The first-order valence-electron chi connectivity index (χ1n) is 5.81. The maximum Gasteiger partial charge on any atom is 0.153 e. The van der Waals surface area contributed by atoms with Crippen molar-refractivity contribution in [2.75, 3.05) is 6.61 Å². The summed E-state index contributed by atoms with van der Waals surface area (Å²) in [5.74, 6) is 6.06. The lowest BCUT2D eigenvalue weighted by Crippen LogP contribution is -2.38. The second-order valence-corrected chi connectivity index (χ2v) is 5.05. The van der Waals surface area contributed by atoms with Gasteiger partial charge in [0.2, 0.25) is 0 Å². The standard InChI is InChI=1S/C10H18BrN5O/c1-3-7-6(4-5-17-7)8(13-12)9-10(11)14-15-16(9)2/h6-8,13H,3-5,12H2,1-2H3. The molecule has 1 fully saturated rings. The molecule has 0 spiro atoms. The third-order valence-corrected chi connectivity index (χ3v) is 3.96. The van der Waals surface area contributed by atoms with Crippen molar-refractivity contribution < 1.29 is 4.74 Å². The summed E-state index contributed by atoms with van der Waals surface area (Å²) < 4.78 is 8.20. The van der Waals surface area contributed by atoms with Crippen molar-refractivity contribution in [3.05, 3.63) is 10.3 Å². The number of ether oxygens (including phenoxy) is 1. The molecule has 0 aromatic carbocycles. The first kappa shape index (κ1) is 12.9. The predicted octanol–water partition coefficient (Wildman–Crippen LogP) is 0.897. The summed E-state index contributed by atoms with van der Waals surface area (Å²) in [5, 5.41) is 7.99. The third-order valence-electron chi connectivity index (χ3n) is 3.39. The highest BCUT2D eigenvalue weighted by Gasteiger charge is 2.36. The lowest BCUT2D eigenvalue weighted by molar-refractivity contribution is 0.0764. The summed E-state index contributed by atoms with van der Waals surface area (Å²) in [6.07, 6.45) is 2.24. The number of hydrazine groups is 1. The third kappa shape index (κ3) is 2.37. The first-order valence-corrected chi connectivity index (χ1v) is 6.61. The quantitative estimate of drug-likeness (QED) is 0.638. The zero-order chi connectivity index (χ0) is 12.4. The van der Waals surface area contributed by atoms with Crippen LogP contribution < -0.4 is 11.3 Å². The monoisotopic (exact) mass is 303 g/mol. The molecule has 1 aromatic heterocycles. The lowest BCUT2D eigenvalue weighted by atomic mass is 9.90. The molecule has 1 aliphatic heterocycles. The highest BCUT2D eigenvalue weighted by Crippen LogP contribution is 2.36. The van der Waals surface area contributed by atoms with Crippen LogP contribution in [0.15, 0.2) is 4.60 Å². The van der Waals surface area contributed by atoms with Crippen molar-refractivity contribution in [2.45, 2.75) is 31.9 Å². The average molecular weight is 304 g/mol. The van der Waals surface area contributed by atoms with Crippen LogP contribution >= 0.6 is 15.9 Å². The van der Waals surface area contributed by atoms with Gasteiger partial charge in [-0.15, -0.1) is 5.10 Å². The van der Waals surface area contributed by atoms with E-state index in [1.807, 2.05) is 7.05 Å². The Morgan fingerprint density at radius 1 is 1.71 bits per heavy atom. The number of halogens is 1. The van der Waals surface area contributed by atoms with Gasteiger partial charge in [0.1, 0.15) is 0 Å². The normalized spacial score (nSPS) is 26.4. The van der Waals surface area contributed by atoms with E-state index in [2.05, 4.69) is 38.6 Å². The minimum atomic E-state index is 0.0109. The Kier molecular flexibility index (Phi) is 4.13. The molecule has 17 heavy (non-hydrogen) atoms. The van der Waals surface area contributed by atoms with E-state index in [1.54, 1.807) is 4.68 Å². The Labute approximate surface area is 109 Å². The number of nitrogens with zero attached hydrogens (tertiary/aromatic N) is 3. The number of nitrogens with two attached hydrogens (primary N) is 1. The van der Waals surface area contributed by atoms with Gasteiger partial charge in [0.15, 0.2) is 4.60 Å². The van der Waals surface area contributed by atoms with E-state index in [9.17, 15) is 0 Å². The van der Waals surface area contributed by atoms with Crippen molar-refractivity contribution in [3.8, 4) is 0 Å². The molecule has 0 saturated carbocycles. The number of aryl methyl sites for hydroxylation is 1. The van der Waals surface area contributed by atoms with Gasteiger partial charge in [0.25, 0.3) is 0 Å². The molecule has 3 atom stereocenters. The van der Waals surface area contributed by atoms with E-state index in [-0.39, 0.29) is 12.1 Å². The minimum absolute atomic E-state index is 0.0109. The van der Waals surface area contributed by atoms with Crippen LogP contribution in [0.1, 0.15) is 31.5 Å². The molecule has 0 bridgehead atoms. The molecule has 3 N–H and O–H groups in total. The molecule has 96 valence electrons. The summed E-state index contributed by atoms with van der Waals surface area (Å²) in [6, 6.07) is 0.0109. The largest absolute Gasteiger partial charge is 0.378 e. The van der Waals surface area contributed by atoms with E-state index < -0.39 is 0 Å². The van der Waals surface area contributed by atoms with Crippen LogP contribution in [0.25, 0.3) is 0 Å². The Morgan fingerprint density at radius 2 is 2.47 bits per heavy atom. The van der Waals surface area contributed by atoms with Crippen molar-refractivity contribution in [3.63, 3.8) is 0 Å². The molecule has 2 heterocycles. The van der Waals surface area contributed by atoms with Crippen LogP contribution in [0.4, 0.5) is 0 Å². The Bertz CT molecular complexity index is 363. The maximum absolute atomic E-state index is 5.71. The summed E-state index contributed by atoms with van der Waals surface area (Å²) in [4.78, 5) is 0. The minimum Gasteiger partial charge on any atom is -0.378 e. The molecule has 6 nitrogen and oxygen atoms in total. The van der Waals surface area contributed by atoms with Crippen molar-refractivity contribution in [1.29, 1.82) is 0 Å². The Hall–Kier alpha value is -0.500. The van der Waals surface area contributed by atoms with Gasteiger partial charge >= 0.3 is 0 Å². The van der Waals surface area contributed by atoms with E-state index in [0.717, 1.165) is 29.7 Å². The smallest absolute Gasteiger partial charge is 0.153 e. The van der Waals surface area contributed by atoms with Crippen molar-refractivity contribution in [2.24, 2.45) is 18.8 Å². The topological polar surface area (TPSA) is 78.0 Å². The maximum atomic E-state index is 5.71. The second-order valence-electron chi connectivity index (χ2n) is 4.30. The van der Waals surface area contributed by atoms with Gasteiger partial charge in [-0.3, -0.25) is 11.3 Å². The van der Waals surface area contributed by atoms with Crippen LogP contribution in [0, 0.1) is 5.92 Å². The molecule has 0 amide bonds. The van der Waals surface area contributed by atoms with Crippen LogP contribution in [-0.4, -0.2) is 27.7 Å². The van der Waals surface area contributed by atoms with Gasteiger partial charge in [0.05, 0.1) is 17.8 Å². The van der Waals surface area contributed by atoms with Gasteiger partial charge in [-0.25, -0.2) is 4.68 Å². The number of hydrogen-bond donors (Lipinski definition) is 2. The van der Waals surface area contributed by atoms with Gasteiger partial charge < -0.3 is 4.74 Å². The van der Waals surface area contributed by atoms with Crippen LogP contribution in [-0.2, 0) is 11.8 Å². The zero-order valence-corrected chi connectivity index (χ0v) is 11.6. The van der Waals surface area contributed by atoms with E-state index in [0.29, 0.717) is 5.92 Å². The second kappa shape index (κ2) is 5.43. The first-order chi connectivity index (χ1) is 8.19. The summed E-state index contributed by atoms with van der Waals surface area (Å²) in [7, 11) is 1.87. The number of hydrogen-bond acceptors (Lipinski definition) is 5. The van der Waals surface area contributed by atoms with Crippen LogP contribution in [0.5, 0.6) is 0 Å². The van der Waals surface area contributed by atoms with Gasteiger partial charge in [-0.05, 0) is 28.8 Å². The summed E-state index contributed by atoms with van der Waals surface area (Å²) in [5.41, 5.74) is 3.86. The summed E-state index contributed by atoms with van der Waals surface area (Å²) >= 11 is 3.42. The Balaban J connectivity index is 2.27. The SMILES string of the molecule is CCC1OCCC1C(NN)c1c(Br)nnn1C. The molecular weight excluding hydrogens is 286 g/mol. The van der Waals surface area contributed by atoms with Gasteiger partial charge in [0, 0.05) is 19.6 Å². The molecular formula is C10H18BrN5O. The Morgan fingerprint density at radius 3 is 3.00 bits per heavy atom. The number of nitrogens with one attached hydrogen (secondary N) is 1. The van der Waals surface area contributed by atoms with E-state index in [1.165, 1.54) is 0 Å². The lowest BCUT2D eigenvalue weighted by Gasteiger charge is -2.26. The predicted molar refractivity (Wildman–Crippen MR) is 66.9 cm³/mol. The molecule has 0 aliphatic carbocycles. The fourth-order valence-electron chi connectivity index (χ4n) is 2.54. The molecule has 1 aromatic rings. The van der Waals surface area contributed by atoms with Gasteiger partial charge in [-0.2, -0.15) is 0 Å².